The number of aliphatic hydroxyl groups excluding tert-OH is 1. The Morgan fingerprint density at radius 1 is 1.55 bits per heavy atom. The first kappa shape index (κ1) is 7.54. The highest BCUT2D eigenvalue weighted by Gasteiger charge is 1.94. The van der Waals surface area contributed by atoms with Crippen LogP contribution in [0.2, 0.25) is 0 Å². The molecule has 2 heteroatoms. The third-order valence-corrected chi connectivity index (χ3v) is 1.32. The van der Waals surface area contributed by atoms with E-state index in [1.807, 2.05) is 18.2 Å². The van der Waals surface area contributed by atoms with E-state index in [0.29, 0.717) is 5.57 Å². The molecule has 0 bridgehead atoms. The van der Waals surface area contributed by atoms with Crippen molar-refractivity contribution in [2.75, 3.05) is 0 Å². The molecular weight excluding hydrogens is 138 g/mol. The van der Waals surface area contributed by atoms with Crippen molar-refractivity contribution in [3.8, 4) is 0 Å². The Morgan fingerprint density at radius 3 is 2.82 bits per heavy atom. The SMILES string of the molecule is C=CC(=CO)c1ccccn1. The molecule has 1 rings (SSSR count). The maximum absolute atomic E-state index is 8.71. The summed E-state index contributed by atoms with van der Waals surface area (Å²) in [5, 5.41) is 8.71. The molecular formula is C9H9NO. The second kappa shape index (κ2) is 3.56. The summed E-state index contributed by atoms with van der Waals surface area (Å²) < 4.78 is 0. The molecule has 1 N–H and O–H groups in total. The quantitative estimate of drug-likeness (QED) is 0.513. The summed E-state index contributed by atoms with van der Waals surface area (Å²) in [5.41, 5.74) is 1.36. The molecule has 0 aliphatic rings. The van der Waals surface area contributed by atoms with Crippen LogP contribution in [0.3, 0.4) is 0 Å². The van der Waals surface area contributed by atoms with Gasteiger partial charge in [0, 0.05) is 11.8 Å². The third-order valence-electron chi connectivity index (χ3n) is 1.32. The van der Waals surface area contributed by atoms with E-state index in [1.54, 1.807) is 12.3 Å². The average molecular weight is 147 g/mol. The van der Waals surface area contributed by atoms with Crippen molar-refractivity contribution in [3.63, 3.8) is 0 Å². The first-order valence-corrected chi connectivity index (χ1v) is 3.26. The van der Waals surface area contributed by atoms with Crippen molar-refractivity contribution < 1.29 is 5.11 Å². The molecule has 0 aliphatic carbocycles. The van der Waals surface area contributed by atoms with Gasteiger partial charge >= 0.3 is 0 Å². The number of aliphatic hydroxyl groups is 1. The number of rotatable bonds is 2. The first-order valence-electron chi connectivity index (χ1n) is 3.26. The number of aromatic nitrogens is 1. The van der Waals surface area contributed by atoms with Crippen molar-refractivity contribution in [3.05, 3.63) is 49.0 Å². The van der Waals surface area contributed by atoms with E-state index in [0.717, 1.165) is 12.0 Å². The molecule has 0 amide bonds. The first-order chi connectivity index (χ1) is 5.38. The molecule has 1 aromatic heterocycles. The molecule has 0 fully saturated rings. The number of pyridine rings is 1. The van der Waals surface area contributed by atoms with Crippen molar-refractivity contribution in [2.24, 2.45) is 0 Å². The minimum absolute atomic E-state index is 0.630. The summed E-state index contributed by atoms with van der Waals surface area (Å²) in [6.45, 7) is 3.54. The molecule has 1 heterocycles. The fourth-order valence-electron chi connectivity index (χ4n) is 0.757. The van der Waals surface area contributed by atoms with Gasteiger partial charge in [-0.1, -0.05) is 18.7 Å². The number of allylic oxidation sites excluding steroid dienone is 2. The molecule has 0 aromatic carbocycles. The van der Waals surface area contributed by atoms with Gasteiger partial charge in [0.1, 0.15) is 0 Å². The van der Waals surface area contributed by atoms with Crippen LogP contribution in [0, 0.1) is 0 Å². The van der Waals surface area contributed by atoms with Crippen LogP contribution < -0.4 is 0 Å². The Kier molecular flexibility index (Phi) is 2.44. The summed E-state index contributed by atoms with van der Waals surface area (Å²) in [4.78, 5) is 4.02. The fourth-order valence-corrected chi connectivity index (χ4v) is 0.757. The summed E-state index contributed by atoms with van der Waals surface area (Å²) in [5.74, 6) is 0. The summed E-state index contributed by atoms with van der Waals surface area (Å²) in [6, 6.07) is 5.49. The minimum atomic E-state index is 0.630. The van der Waals surface area contributed by atoms with E-state index < -0.39 is 0 Å². The van der Waals surface area contributed by atoms with Gasteiger partial charge in [-0.2, -0.15) is 0 Å². The summed E-state index contributed by atoms with van der Waals surface area (Å²) in [7, 11) is 0. The fraction of sp³-hybridized carbons (Fsp3) is 0. The lowest BCUT2D eigenvalue weighted by molar-refractivity contribution is 0.476. The highest BCUT2D eigenvalue weighted by molar-refractivity contribution is 5.69. The Morgan fingerprint density at radius 2 is 2.36 bits per heavy atom. The molecule has 0 radical (unpaired) electrons. The van der Waals surface area contributed by atoms with E-state index in [4.69, 9.17) is 5.11 Å². The van der Waals surface area contributed by atoms with Crippen LogP contribution in [-0.4, -0.2) is 10.1 Å². The molecule has 0 saturated carbocycles. The maximum Gasteiger partial charge on any atom is 0.0885 e. The standard InChI is InChI=1S/C9H9NO/c1-2-8(7-11)9-5-3-4-6-10-9/h2-7,11H,1H2. The predicted molar refractivity (Wildman–Crippen MR) is 45.0 cm³/mol. The lowest BCUT2D eigenvalue weighted by atomic mass is 10.2. The van der Waals surface area contributed by atoms with E-state index in [9.17, 15) is 0 Å². The van der Waals surface area contributed by atoms with Crippen LogP contribution in [0.1, 0.15) is 5.69 Å². The molecule has 0 spiro atoms. The van der Waals surface area contributed by atoms with E-state index in [-0.39, 0.29) is 0 Å². The van der Waals surface area contributed by atoms with E-state index >= 15 is 0 Å². The average Bonchev–Trinajstić information content (AvgIpc) is 2.09. The topological polar surface area (TPSA) is 33.1 Å². The molecule has 2 nitrogen and oxygen atoms in total. The Labute approximate surface area is 65.5 Å². The van der Waals surface area contributed by atoms with E-state index in [1.165, 1.54) is 0 Å². The molecule has 0 unspecified atom stereocenters. The van der Waals surface area contributed by atoms with Gasteiger partial charge in [-0.15, -0.1) is 0 Å². The Hall–Kier alpha value is -1.57. The molecule has 0 aliphatic heterocycles. The van der Waals surface area contributed by atoms with Crippen molar-refractivity contribution >= 4 is 5.57 Å². The number of hydrogen-bond acceptors (Lipinski definition) is 2. The van der Waals surface area contributed by atoms with Crippen molar-refractivity contribution in [1.29, 1.82) is 0 Å². The van der Waals surface area contributed by atoms with Gasteiger partial charge in [-0.25, -0.2) is 0 Å². The second-order valence-corrected chi connectivity index (χ2v) is 2.00. The molecule has 11 heavy (non-hydrogen) atoms. The summed E-state index contributed by atoms with van der Waals surface area (Å²) in [6.07, 6.45) is 4.22. The maximum atomic E-state index is 8.71. The van der Waals surface area contributed by atoms with Crippen molar-refractivity contribution in [1.82, 2.24) is 4.98 Å². The molecule has 0 saturated heterocycles. The zero-order valence-electron chi connectivity index (χ0n) is 6.07. The lowest BCUT2D eigenvalue weighted by Gasteiger charge is -1.96. The van der Waals surface area contributed by atoms with Crippen LogP contribution >= 0.6 is 0 Å². The normalized spacial score (nSPS) is 11.1. The van der Waals surface area contributed by atoms with Gasteiger partial charge in [-0.3, -0.25) is 4.98 Å². The highest BCUT2D eigenvalue weighted by Crippen LogP contribution is 2.09. The van der Waals surface area contributed by atoms with Gasteiger partial charge in [0.25, 0.3) is 0 Å². The van der Waals surface area contributed by atoms with Crippen LogP contribution in [0.25, 0.3) is 5.57 Å². The largest absolute Gasteiger partial charge is 0.515 e. The zero-order valence-corrected chi connectivity index (χ0v) is 6.07. The zero-order chi connectivity index (χ0) is 8.10. The Balaban J connectivity index is 3.01. The Bertz CT molecular complexity index is 264. The van der Waals surface area contributed by atoms with Gasteiger partial charge in [0.05, 0.1) is 12.0 Å². The minimum Gasteiger partial charge on any atom is -0.515 e. The van der Waals surface area contributed by atoms with Gasteiger partial charge in [0.2, 0.25) is 0 Å². The highest BCUT2D eigenvalue weighted by atomic mass is 16.2. The van der Waals surface area contributed by atoms with Crippen LogP contribution in [0.15, 0.2) is 43.3 Å². The second-order valence-electron chi connectivity index (χ2n) is 2.00. The summed E-state index contributed by atoms with van der Waals surface area (Å²) >= 11 is 0. The van der Waals surface area contributed by atoms with Gasteiger partial charge in [0.15, 0.2) is 0 Å². The van der Waals surface area contributed by atoms with Crippen molar-refractivity contribution in [2.45, 2.75) is 0 Å². The smallest absolute Gasteiger partial charge is 0.0885 e. The third kappa shape index (κ3) is 1.67. The van der Waals surface area contributed by atoms with Crippen LogP contribution in [0.4, 0.5) is 0 Å². The molecule has 1 aromatic rings. The van der Waals surface area contributed by atoms with E-state index in [2.05, 4.69) is 11.6 Å². The lowest BCUT2D eigenvalue weighted by Crippen LogP contribution is -1.83. The van der Waals surface area contributed by atoms with Gasteiger partial charge < -0.3 is 5.11 Å². The monoisotopic (exact) mass is 147 g/mol. The molecule has 56 valence electrons. The number of nitrogens with zero attached hydrogens (tertiary/aromatic N) is 1. The predicted octanol–water partition coefficient (Wildman–Crippen LogP) is 2.17. The van der Waals surface area contributed by atoms with Crippen LogP contribution in [0.5, 0.6) is 0 Å². The number of hydrogen-bond donors (Lipinski definition) is 1. The van der Waals surface area contributed by atoms with Crippen LogP contribution in [-0.2, 0) is 0 Å². The molecule has 0 atom stereocenters. The van der Waals surface area contributed by atoms with Gasteiger partial charge in [-0.05, 0) is 12.1 Å².